The molecule has 0 saturated heterocycles. The molecule has 0 aliphatic rings. The Bertz CT molecular complexity index is 99.4. The van der Waals surface area contributed by atoms with Gasteiger partial charge in [0.25, 0.3) is 0 Å². The summed E-state index contributed by atoms with van der Waals surface area (Å²) in [5.41, 5.74) is 0. The van der Waals surface area contributed by atoms with Crippen molar-refractivity contribution in [1.29, 1.82) is 0 Å². The van der Waals surface area contributed by atoms with Crippen LogP contribution in [0.25, 0.3) is 0 Å². The Kier molecular flexibility index (Phi) is 12.5. The highest BCUT2D eigenvalue weighted by atomic mass is 24.5. The van der Waals surface area contributed by atoms with Crippen molar-refractivity contribution >= 4 is 20.4 Å². The van der Waals surface area contributed by atoms with Crippen LogP contribution in [0.3, 0.4) is 0 Å². The predicted octanol–water partition coefficient (Wildman–Crippen LogP) is 5.08. The molecule has 0 unspecified atom stereocenters. The first kappa shape index (κ1) is 14.8. The molecule has 0 aromatic heterocycles. The molecule has 0 aromatic carbocycles. The van der Waals surface area contributed by atoms with Gasteiger partial charge in [-0.15, -0.1) is 8.60 Å². The van der Waals surface area contributed by atoms with Gasteiger partial charge in [0.15, 0.2) is 0 Å². The highest BCUT2D eigenvalue weighted by Crippen LogP contribution is 2.11. The fourth-order valence-corrected chi connectivity index (χ4v) is 3.32. The summed E-state index contributed by atoms with van der Waals surface area (Å²) in [5, 5.41) is 0. The molecule has 0 rings (SSSR count). The average Bonchev–Trinajstić information content (AvgIpc) is 2.15. The molecular formula is C13H28Mg. The van der Waals surface area contributed by atoms with E-state index in [0.29, 0.717) is 20.4 Å². The molecule has 0 fully saturated rings. The lowest BCUT2D eigenvalue weighted by Crippen LogP contribution is -1.94. The van der Waals surface area contributed by atoms with Gasteiger partial charge in [-0.25, -0.2) is 0 Å². The Morgan fingerprint density at radius 1 is 0.786 bits per heavy atom. The van der Waals surface area contributed by atoms with Crippen molar-refractivity contribution in [2.75, 3.05) is 0 Å². The van der Waals surface area contributed by atoms with Crippen LogP contribution in [-0.2, 0) is 0 Å². The van der Waals surface area contributed by atoms with Crippen molar-refractivity contribution in [3.8, 4) is 0 Å². The third-order valence-corrected chi connectivity index (χ3v) is 4.95. The van der Waals surface area contributed by atoms with Gasteiger partial charge in [-0.05, 0) is 0 Å². The molecule has 0 bridgehead atoms. The predicted molar refractivity (Wildman–Crippen MR) is 68.3 cm³/mol. The molecule has 0 amide bonds. The third-order valence-electron chi connectivity index (χ3n) is 2.89. The number of hydrogen-bond acceptors (Lipinski definition) is 0. The molecule has 0 N–H and O–H groups in total. The molecule has 0 aromatic rings. The van der Waals surface area contributed by atoms with Gasteiger partial charge in [0.2, 0.25) is 0 Å². The summed E-state index contributed by atoms with van der Waals surface area (Å²) in [5.74, 6) is 0. The zero-order chi connectivity index (χ0) is 10.6. The van der Waals surface area contributed by atoms with E-state index in [1.807, 2.05) is 0 Å². The molecule has 0 aliphatic carbocycles. The summed E-state index contributed by atoms with van der Waals surface area (Å²) in [7, 11) is 0. The van der Waals surface area contributed by atoms with Crippen LogP contribution in [0.4, 0.5) is 0 Å². The molecule has 0 heterocycles. The van der Waals surface area contributed by atoms with Crippen LogP contribution in [0, 0.1) is 0 Å². The minimum atomic E-state index is 0.299. The first-order valence-corrected chi connectivity index (χ1v) is 8.59. The monoisotopic (exact) mass is 208 g/mol. The average molecular weight is 209 g/mol. The van der Waals surface area contributed by atoms with E-state index in [9.17, 15) is 0 Å². The number of unbranched alkanes of at least 4 members (excludes halogenated alkanes) is 7. The maximum absolute atomic E-state index is 2.39. The number of rotatable bonds is 10. The van der Waals surface area contributed by atoms with Crippen molar-refractivity contribution in [2.24, 2.45) is 0 Å². The Hall–Kier alpha value is 0.766. The van der Waals surface area contributed by atoms with Crippen LogP contribution < -0.4 is 0 Å². The first-order valence-electron chi connectivity index (χ1n) is 6.77. The maximum Gasteiger partial charge on any atom is 0.367 e. The Morgan fingerprint density at radius 3 is 1.79 bits per heavy atom. The third kappa shape index (κ3) is 12.8. The lowest BCUT2D eigenvalue weighted by molar-refractivity contribution is 0.584. The normalized spacial score (nSPS) is 10.6. The molecule has 0 spiro atoms. The van der Waals surface area contributed by atoms with E-state index >= 15 is 0 Å². The smallest absolute Gasteiger partial charge is 0.145 e. The van der Waals surface area contributed by atoms with Crippen LogP contribution >= 0.6 is 0 Å². The summed E-state index contributed by atoms with van der Waals surface area (Å²) < 4.78 is 2.63. The Morgan fingerprint density at radius 2 is 1.29 bits per heavy atom. The van der Waals surface area contributed by atoms with Crippen molar-refractivity contribution in [3.05, 3.63) is 0 Å². The van der Waals surface area contributed by atoms with E-state index in [2.05, 4.69) is 20.8 Å². The van der Waals surface area contributed by atoms with E-state index in [0.717, 1.165) is 4.05 Å². The molecule has 0 nitrogen and oxygen atoms in total. The minimum Gasteiger partial charge on any atom is -0.145 e. The lowest BCUT2D eigenvalue weighted by Gasteiger charge is -2.02. The van der Waals surface area contributed by atoms with Gasteiger partial charge in [0, 0.05) is 0 Å². The SMILES string of the molecule is CCCCCCCCC[CH2][Mg][CH](C)C. The van der Waals surface area contributed by atoms with Gasteiger partial charge in [-0.1, -0.05) is 72.1 Å². The van der Waals surface area contributed by atoms with E-state index in [1.165, 1.54) is 51.4 Å². The molecule has 0 saturated carbocycles. The molecule has 0 radical (unpaired) electrons. The molecule has 1 heteroatoms. The highest BCUT2D eigenvalue weighted by molar-refractivity contribution is 6.37. The quantitative estimate of drug-likeness (QED) is 0.347. The second-order valence-electron chi connectivity index (χ2n) is 5.01. The van der Waals surface area contributed by atoms with Crippen molar-refractivity contribution < 1.29 is 0 Å². The van der Waals surface area contributed by atoms with Crippen molar-refractivity contribution in [1.82, 2.24) is 0 Å². The summed E-state index contributed by atoms with van der Waals surface area (Å²) >= 11 is 0.299. The van der Waals surface area contributed by atoms with Crippen molar-refractivity contribution in [3.63, 3.8) is 0 Å². The summed E-state index contributed by atoms with van der Waals surface area (Å²) in [6.07, 6.45) is 11.8. The van der Waals surface area contributed by atoms with Gasteiger partial charge in [0.1, 0.15) is 0 Å². The van der Waals surface area contributed by atoms with Crippen LogP contribution in [0.1, 0.15) is 72.1 Å². The summed E-state index contributed by atoms with van der Waals surface area (Å²) in [6.45, 7) is 7.06. The molecule has 14 heavy (non-hydrogen) atoms. The van der Waals surface area contributed by atoms with Gasteiger partial charge in [0.05, 0.1) is 0 Å². The second kappa shape index (κ2) is 11.8. The van der Waals surface area contributed by atoms with Crippen molar-refractivity contribution in [2.45, 2.75) is 80.7 Å². The molecule has 82 valence electrons. The zero-order valence-electron chi connectivity index (χ0n) is 10.6. The first-order chi connectivity index (χ1) is 6.77. The Labute approximate surface area is 101 Å². The molecular weight excluding hydrogens is 180 g/mol. The van der Waals surface area contributed by atoms with Crippen LogP contribution in [0.5, 0.6) is 0 Å². The number of hydrogen-bond donors (Lipinski definition) is 0. The summed E-state index contributed by atoms with van der Waals surface area (Å²) in [4.78, 5) is 0. The fourth-order valence-electron chi connectivity index (χ4n) is 1.86. The van der Waals surface area contributed by atoms with Gasteiger partial charge in [-0.2, -0.15) is 0 Å². The fraction of sp³-hybridized carbons (Fsp3) is 1.00. The lowest BCUT2D eigenvalue weighted by atomic mass is 10.1. The van der Waals surface area contributed by atoms with Gasteiger partial charge < -0.3 is 0 Å². The standard InChI is InChI=1S/C10H21.C3H7.Mg/c1-3-5-7-9-10-8-6-4-2;1-3-2;/h1,3-10H2,2H3;3H,1-2H3;. The summed E-state index contributed by atoms with van der Waals surface area (Å²) in [6, 6.07) is 0. The zero-order valence-corrected chi connectivity index (χ0v) is 12.1. The largest absolute Gasteiger partial charge is 0.367 e. The molecule has 0 atom stereocenters. The van der Waals surface area contributed by atoms with E-state index in [-0.39, 0.29) is 0 Å². The minimum absolute atomic E-state index is 0.299. The highest BCUT2D eigenvalue weighted by Gasteiger charge is 1.99. The Balaban J connectivity index is 2.85. The van der Waals surface area contributed by atoms with Crippen LogP contribution in [0.15, 0.2) is 0 Å². The van der Waals surface area contributed by atoms with Crippen LogP contribution in [0.2, 0.25) is 8.60 Å². The van der Waals surface area contributed by atoms with Gasteiger partial charge in [-0.3, -0.25) is 0 Å². The molecule has 0 aliphatic heterocycles. The second-order valence-corrected chi connectivity index (χ2v) is 7.93. The van der Waals surface area contributed by atoms with E-state index < -0.39 is 0 Å². The van der Waals surface area contributed by atoms with Gasteiger partial charge >= 0.3 is 20.4 Å². The van der Waals surface area contributed by atoms with E-state index in [1.54, 1.807) is 4.55 Å². The van der Waals surface area contributed by atoms with Crippen LogP contribution in [-0.4, -0.2) is 20.4 Å². The maximum atomic E-state index is 2.39. The van der Waals surface area contributed by atoms with E-state index in [4.69, 9.17) is 0 Å². The topological polar surface area (TPSA) is 0 Å².